The number of aryl methyl sites for hydroxylation is 1. The van der Waals surface area contributed by atoms with Crippen LogP contribution in [0.15, 0.2) is 53.6 Å². The first-order chi connectivity index (χ1) is 13.8. The summed E-state index contributed by atoms with van der Waals surface area (Å²) in [5.74, 6) is -0.733. The summed E-state index contributed by atoms with van der Waals surface area (Å²) in [7, 11) is -3.89. The van der Waals surface area contributed by atoms with Crippen molar-refractivity contribution in [2.24, 2.45) is 23.7 Å². The number of amides is 2. The maximum atomic E-state index is 12.9. The highest BCUT2D eigenvalue weighted by molar-refractivity contribution is 7.92. The van der Waals surface area contributed by atoms with Gasteiger partial charge in [0.1, 0.15) is 0 Å². The van der Waals surface area contributed by atoms with E-state index < -0.39 is 10.0 Å². The molecule has 4 atom stereocenters. The molecule has 1 N–H and O–H groups in total. The summed E-state index contributed by atoms with van der Waals surface area (Å²) in [6, 6.07) is 7.37. The third-order valence-electron chi connectivity index (χ3n) is 5.90. The Morgan fingerprint density at radius 3 is 2.21 bits per heavy atom. The molecule has 0 unspecified atom stereocenters. The van der Waals surface area contributed by atoms with E-state index in [0.717, 1.165) is 6.42 Å². The highest BCUT2D eigenvalue weighted by atomic mass is 32.2. The molecule has 2 bridgehead atoms. The molecule has 2 aliphatic carbocycles. The molecule has 2 heterocycles. The van der Waals surface area contributed by atoms with Gasteiger partial charge in [0.2, 0.25) is 17.8 Å². The fraction of sp³-hybridized carbons (Fsp3) is 0.300. The highest BCUT2D eigenvalue weighted by Gasteiger charge is 2.59. The number of anilines is 2. The van der Waals surface area contributed by atoms with E-state index in [0.29, 0.717) is 11.4 Å². The van der Waals surface area contributed by atoms with Crippen LogP contribution in [0.4, 0.5) is 11.6 Å². The molecule has 1 saturated carbocycles. The number of allylic oxidation sites excluding steroid dienone is 2. The van der Waals surface area contributed by atoms with Crippen LogP contribution in [0.3, 0.4) is 0 Å². The summed E-state index contributed by atoms with van der Waals surface area (Å²) in [4.78, 5) is 34.9. The van der Waals surface area contributed by atoms with Crippen molar-refractivity contribution in [1.29, 1.82) is 0 Å². The summed E-state index contributed by atoms with van der Waals surface area (Å²) in [6.07, 6.45) is 6.40. The number of nitrogens with zero attached hydrogens (tertiary/aromatic N) is 3. The van der Waals surface area contributed by atoms with Crippen LogP contribution in [0.5, 0.6) is 0 Å². The molecule has 29 heavy (non-hydrogen) atoms. The number of rotatable bonds is 4. The van der Waals surface area contributed by atoms with Gasteiger partial charge in [0.05, 0.1) is 22.4 Å². The summed E-state index contributed by atoms with van der Waals surface area (Å²) in [6.45, 7) is 1.73. The van der Waals surface area contributed by atoms with Gasteiger partial charge in [-0.2, -0.15) is 0 Å². The van der Waals surface area contributed by atoms with E-state index in [1.165, 1.54) is 35.4 Å². The first-order valence-corrected chi connectivity index (χ1v) is 10.8. The van der Waals surface area contributed by atoms with Gasteiger partial charge in [-0.1, -0.05) is 12.2 Å². The smallest absolute Gasteiger partial charge is 0.264 e. The second-order valence-corrected chi connectivity index (χ2v) is 9.32. The zero-order valence-electron chi connectivity index (χ0n) is 15.5. The van der Waals surface area contributed by atoms with Gasteiger partial charge in [0.25, 0.3) is 10.0 Å². The van der Waals surface area contributed by atoms with Crippen molar-refractivity contribution in [1.82, 2.24) is 9.97 Å². The molecule has 2 amide bonds. The van der Waals surface area contributed by atoms with Gasteiger partial charge in [-0.15, -0.1) is 0 Å². The lowest BCUT2D eigenvalue weighted by Gasteiger charge is -2.17. The molecule has 5 rings (SSSR count). The van der Waals surface area contributed by atoms with E-state index in [1.807, 2.05) is 12.2 Å². The van der Waals surface area contributed by atoms with Gasteiger partial charge in [-0.25, -0.2) is 23.1 Å². The predicted octanol–water partition coefficient (Wildman–Crippen LogP) is 1.90. The van der Waals surface area contributed by atoms with E-state index in [9.17, 15) is 18.0 Å². The van der Waals surface area contributed by atoms with Crippen molar-refractivity contribution in [2.45, 2.75) is 18.2 Å². The quantitative estimate of drug-likeness (QED) is 0.609. The average Bonchev–Trinajstić information content (AvgIpc) is 3.35. The standard InChI is InChI=1S/C20H18N4O4S/c1-11-8-9-21-20(22-11)23-29(27,28)15-6-4-14(5-7-15)24-18(25)16-12-2-3-13(10-12)17(16)19(24)26/h2-9,12-13,16-17H,10H2,1H3,(H,21,22,23)/t12-,13+,16-,17+. The summed E-state index contributed by atoms with van der Waals surface area (Å²) < 4.78 is 27.5. The van der Waals surface area contributed by atoms with Crippen LogP contribution in [0.1, 0.15) is 12.1 Å². The maximum absolute atomic E-state index is 12.9. The van der Waals surface area contributed by atoms with Crippen LogP contribution in [0.2, 0.25) is 0 Å². The molecule has 8 nitrogen and oxygen atoms in total. The monoisotopic (exact) mass is 410 g/mol. The van der Waals surface area contributed by atoms with Gasteiger partial charge < -0.3 is 0 Å². The Kier molecular flexibility index (Phi) is 3.86. The Balaban J connectivity index is 1.39. The SMILES string of the molecule is Cc1ccnc(NS(=O)(=O)c2ccc(N3C(=O)[C@@H]4[C@H](C3=O)[C@@H]3C=C[C@H]4C3)cc2)n1. The minimum atomic E-state index is -3.89. The van der Waals surface area contributed by atoms with Gasteiger partial charge in [0, 0.05) is 11.9 Å². The minimum Gasteiger partial charge on any atom is -0.274 e. The fourth-order valence-electron chi connectivity index (χ4n) is 4.61. The number of sulfonamides is 1. The van der Waals surface area contributed by atoms with Crippen LogP contribution in [0, 0.1) is 30.6 Å². The van der Waals surface area contributed by atoms with Crippen molar-refractivity contribution >= 4 is 33.5 Å². The number of carbonyl (C=O) groups excluding carboxylic acids is 2. The molecule has 148 valence electrons. The summed E-state index contributed by atoms with van der Waals surface area (Å²) in [5, 5.41) is 0. The Bertz CT molecular complexity index is 1130. The van der Waals surface area contributed by atoms with Crippen LogP contribution in [-0.4, -0.2) is 30.2 Å². The van der Waals surface area contributed by atoms with Crippen molar-refractivity contribution in [2.75, 3.05) is 9.62 Å². The maximum Gasteiger partial charge on any atom is 0.264 e. The second-order valence-electron chi connectivity index (χ2n) is 7.63. The molecule has 1 saturated heterocycles. The molecule has 1 aromatic carbocycles. The Hall–Kier alpha value is -3.07. The molecule has 9 heteroatoms. The zero-order chi connectivity index (χ0) is 20.3. The van der Waals surface area contributed by atoms with E-state index in [2.05, 4.69) is 14.7 Å². The average molecular weight is 410 g/mol. The van der Waals surface area contributed by atoms with Gasteiger partial charge >= 0.3 is 0 Å². The van der Waals surface area contributed by atoms with Crippen LogP contribution in [-0.2, 0) is 19.6 Å². The van der Waals surface area contributed by atoms with Crippen LogP contribution >= 0.6 is 0 Å². The first-order valence-electron chi connectivity index (χ1n) is 9.34. The van der Waals surface area contributed by atoms with E-state index >= 15 is 0 Å². The molecule has 0 spiro atoms. The number of benzene rings is 1. The van der Waals surface area contributed by atoms with Gasteiger partial charge in [0.15, 0.2) is 0 Å². The van der Waals surface area contributed by atoms with Crippen LogP contribution < -0.4 is 9.62 Å². The Morgan fingerprint density at radius 2 is 1.62 bits per heavy atom. The fourth-order valence-corrected chi connectivity index (χ4v) is 5.56. The molecule has 3 aliphatic rings. The van der Waals surface area contributed by atoms with E-state index in [-0.39, 0.29) is 46.3 Å². The van der Waals surface area contributed by atoms with Crippen molar-refractivity contribution in [3.8, 4) is 0 Å². The zero-order valence-corrected chi connectivity index (χ0v) is 16.3. The largest absolute Gasteiger partial charge is 0.274 e. The lowest BCUT2D eigenvalue weighted by atomic mass is 9.85. The van der Waals surface area contributed by atoms with Gasteiger partial charge in [-0.3, -0.25) is 14.5 Å². The third kappa shape index (κ3) is 2.76. The molecule has 1 aromatic heterocycles. The third-order valence-corrected chi connectivity index (χ3v) is 7.24. The normalized spacial score (nSPS) is 27.6. The number of nitrogens with one attached hydrogen (secondary N) is 1. The molecule has 2 aromatic rings. The van der Waals surface area contributed by atoms with Crippen molar-refractivity contribution in [3.05, 3.63) is 54.4 Å². The Labute approximate surface area is 167 Å². The molecular formula is C20H18N4O4S. The molecule has 0 radical (unpaired) electrons. The van der Waals surface area contributed by atoms with Crippen molar-refractivity contribution in [3.63, 3.8) is 0 Å². The lowest BCUT2D eigenvalue weighted by molar-refractivity contribution is -0.123. The summed E-state index contributed by atoms with van der Waals surface area (Å²) >= 11 is 0. The minimum absolute atomic E-state index is 0.00705. The predicted molar refractivity (Wildman–Crippen MR) is 104 cm³/mol. The number of carbonyl (C=O) groups is 2. The van der Waals surface area contributed by atoms with Crippen molar-refractivity contribution < 1.29 is 18.0 Å². The van der Waals surface area contributed by atoms with E-state index in [4.69, 9.17) is 0 Å². The topological polar surface area (TPSA) is 109 Å². The first kappa shape index (κ1) is 18.0. The van der Waals surface area contributed by atoms with E-state index in [1.54, 1.807) is 13.0 Å². The number of fused-ring (bicyclic) bond motifs is 5. The Morgan fingerprint density at radius 1 is 1.00 bits per heavy atom. The molecule has 2 fully saturated rings. The highest BCUT2D eigenvalue weighted by Crippen LogP contribution is 2.53. The van der Waals surface area contributed by atoms with Crippen LogP contribution in [0.25, 0.3) is 0 Å². The number of aromatic nitrogens is 2. The lowest BCUT2D eigenvalue weighted by Crippen LogP contribution is -2.32. The molecule has 1 aliphatic heterocycles. The summed E-state index contributed by atoms with van der Waals surface area (Å²) in [5.41, 5.74) is 1.02. The second kappa shape index (κ2) is 6.21. The number of hydrogen-bond acceptors (Lipinski definition) is 6. The van der Waals surface area contributed by atoms with Gasteiger partial charge in [-0.05, 0) is 55.5 Å². The number of imide groups is 1. The molecular weight excluding hydrogens is 392 g/mol. The number of hydrogen-bond donors (Lipinski definition) is 1.